The van der Waals surface area contributed by atoms with E-state index in [2.05, 4.69) is 0 Å². The van der Waals surface area contributed by atoms with Gasteiger partial charge in [-0.05, 0) is 44.0 Å². The molecule has 1 aliphatic heterocycles. The van der Waals surface area contributed by atoms with E-state index in [9.17, 15) is 8.42 Å². The highest BCUT2D eigenvalue weighted by molar-refractivity contribution is 7.89. The van der Waals surface area contributed by atoms with Gasteiger partial charge >= 0.3 is 0 Å². The highest BCUT2D eigenvalue weighted by atomic mass is 32.2. The average molecular weight is 284 g/mol. The van der Waals surface area contributed by atoms with Crippen LogP contribution in [0, 0.1) is 0 Å². The van der Waals surface area contributed by atoms with Gasteiger partial charge < -0.3 is 10.5 Å². The van der Waals surface area contributed by atoms with Gasteiger partial charge in [-0.1, -0.05) is 0 Å². The zero-order valence-electron chi connectivity index (χ0n) is 11.1. The van der Waals surface area contributed by atoms with Crippen molar-refractivity contribution in [3.8, 4) is 5.75 Å². The Morgan fingerprint density at radius 1 is 1.37 bits per heavy atom. The summed E-state index contributed by atoms with van der Waals surface area (Å²) in [4.78, 5) is 0.296. The SMILES string of the molecule is CCOc1ccc(S(=O)(=O)N2CCCC(N)C2)cc1. The van der Waals surface area contributed by atoms with E-state index in [0.717, 1.165) is 12.8 Å². The van der Waals surface area contributed by atoms with E-state index in [1.54, 1.807) is 24.3 Å². The lowest BCUT2D eigenvalue weighted by Gasteiger charge is -2.29. The van der Waals surface area contributed by atoms with Crippen LogP contribution in [-0.2, 0) is 10.0 Å². The van der Waals surface area contributed by atoms with Crippen LogP contribution in [0.15, 0.2) is 29.2 Å². The first-order chi connectivity index (χ1) is 9.04. The van der Waals surface area contributed by atoms with E-state index in [0.29, 0.717) is 30.3 Å². The van der Waals surface area contributed by atoms with E-state index in [1.165, 1.54) is 4.31 Å². The number of hydrogen-bond acceptors (Lipinski definition) is 4. The Bertz CT molecular complexity index is 513. The number of nitrogens with two attached hydrogens (primary N) is 1. The van der Waals surface area contributed by atoms with Crippen LogP contribution in [0.3, 0.4) is 0 Å². The molecule has 0 bridgehead atoms. The number of benzene rings is 1. The molecule has 1 saturated heterocycles. The van der Waals surface area contributed by atoms with Gasteiger partial charge in [-0.25, -0.2) is 8.42 Å². The molecule has 6 heteroatoms. The molecule has 1 fully saturated rings. The summed E-state index contributed by atoms with van der Waals surface area (Å²) in [5.74, 6) is 0.678. The number of piperidine rings is 1. The third kappa shape index (κ3) is 3.26. The first-order valence-corrected chi connectivity index (χ1v) is 7.96. The summed E-state index contributed by atoms with van der Waals surface area (Å²) in [6.07, 6.45) is 1.70. The fourth-order valence-corrected chi connectivity index (χ4v) is 3.75. The molecule has 0 radical (unpaired) electrons. The van der Waals surface area contributed by atoms with Crippen molar-refractivity contribution in [2.24, 2.45) is 5.73 Å². The zero-order valence-corrected chi connectivity index (χ0v) is 11.9. The van der Waals surface area contributed by atoms with Gasteiger partial charge in [0.2, 0.25) is 10.0 Å². The van der Waals surface area contributed by atoms with Crippen molar-refractivity contribution in [3.63, 3.8) is 0 Å². The minimum Gasteiger partial charge on any atom is -0.494 e. The largest absolute Gasteiger partial charge is 0.494 e. The summed E-state index contributed by atoms with van der Waals surface area (Å²) in [6, 6.07) is 6.47. The second-order valence-electron chi connectivity index (χ2n) is 4.67. The number of sulfonamides is 1. The molecule has 1 aliphatic rings. The maximum atomic E-state index is 12.4. The molecule has 0 saturated carbocycles. The molecule has 5 nitrogen and oxygen atoms in total. The molecule has 1 atom stereocenters. The van der Waals surface area contributed by atoms with Crippen LogP contribution < -0.4 is 10.5 Å². The normalized spacial score (nSPS) is 21.3. The van der Waals surface area contributed by atoms with Crippen molar-refractivity contribution >= 4 is 10.0 Å². The van der Waals surface area contributed by atoms with Crippen LogP contribution in [0.2, 0.25) is 0 Å². The maximum absolute atomic E-state index is 12.4. The summed E-state index contributed by atoms with van der Waals surface area (Å²) < 4.78 is 31.6. The summed E-state index contributed by atoms with van der Waals surface area (Å²) >= 11 is 0. The van der Waals surface area contributed by atoms with Crippen molar-refractivity contribution in [2.45, 2.75) is 30.7 Å². The number of ether oxygens (including phenoxy) is 1. The van der Waals surface area contributed by atoms with Gasteiger partial charge in [0.1, 0.15) is 5.75 Å². The second-order valence-corrected chi connectivity index (χ2v) is 6.61. The van der Waals surface area contributed by atoms with E-state index < -0.39 is 10.0 Å². The third-order valence-electron chi connectivity index (χ3n) is 3.19. The van der Waals surface area contributed by atoms with Crippen LogP contribution in [-0.4, -0.2) is 38.5 Å². The second kappa shape index (κ2) is 5.90. The summed E-state index contributed by atoms with van der Waals surface area (Å²) in [7, 11) is -3.43. The smallest absolute Gasteiger partial charge is 0.243 e. The summed E-state index contributed by atoms with van der Waals surface area (Å²) in [5.41, 5.74) is 5.84. The van der Waals surface area contributed by atoms with Crippen LogP contribution in [0.5, 0.6) is 5.75 Å². The van der Waals surface area contributed by atoms with Gasteiger partial charge in [0, 0.05) is 19.1 Å². The monoisotopic (exact) mass is 284 g/mol. The molecule has 19 heavy (non-hydrogen) atoms. The zero-order chi connectivity index (χ0) is 13.9. The topological polar surface area (TPSA) is 72.6 Å². The van der Waals surface area contributed by atoms with Crippen molar-refractivity contribution in [1.82, 2.24) is 4.31 Å². The molecule has 0 aliphatic carbocycles. The Kier molecular flexibility index (Phi) is 4.44. The van der Waals surface area contributed by atoms with Crippen molar-refractivity contribution in [1.29, 1.82) is 0 Å². The van der Waals surface area contributed by atoms with Crippen LogP contribution in [0.4, 0.5) is 0 Å². The number of nitrogens with zero attached hydrogens (tertiary/aromatic N) is 1. The molecular formula is C13H20N2O3S. The van der Waals surface area contributed by atoms with Crippen LogP contribution in [0.25, 0.3) is 0 Å². The Balaban J connectivity index is 2.18. The molecule has 2 N–H and O–H groups in total. The van der Waals surface area contributed by atoms with E-state index in [-0.39, 0.29) is 6.04 Å². The molecule has 0 spiro atoms. The lowest BCUT2D eigenvalue weighted by molar-refractivity contribution is 0.316. The molecular weight excluding hydrogens is 264 g/mol. The fourth-order valence-electron chi connectivity index (χ4n) is 2.22. The predicted octanol–water partition coefficient (Wildman–Crippen LogP) is 1.20. The van der Waals surface area contributed by atoms with Crippen molar-refractivity contribution < 1.29 is 13.2 Å². The number of rotatable bonds is 4. The molecule has 1 aromatic carbocycles. The van der Waals surface area contributed by atoms with E-state index >= 15 is 0 Å². The molecule has 106 valence electrons. The van der Waals surface area contributed by atoms with Gasteiger partial charge in [0.05, 0.1) is 11.5 Å². The minimum atomic E-state index is -3.43. The Hall–Kier alpha value is -1.11. The molecule has 1 aromatic rings. The van der Waals surface area contributed by atoms with Crippen LogP contribution >= 0.6 is 0 Å². The molecule has 0 aromatic heterocycles. The first-order valence-electron chi connectivity index (χ1n) is 6.52. The summed E-state index contributed by atoms with van der Waals surface area (Å²) in [6.45, 7) is 3.39. The average Bonchev–Trinajstić information content (AvgIpc) is 2.40. The van der Waals surface area contributed by atoms with Gasteiger partial charge in [0.15, 0.2) is 0 Å². The third-order valence-corrected chi connectivity index (χ3v) is 5.07. The van der Waals surface area contributed by atoms with Crippen molar-refractivity contribution in [3.05, 3.63) is 24.3 Å². The molecule has 0 amide bonds. The van der Waals surface area contributed by atoms with E-state index in [1.807, 2.05) is 6.92 Å². The van der Waals surface area contributed by atoms with Gasteiger partial charge in [0.25, 0.3) is 0 Å². The maximum Gasteiger partial charge on any atom is 0.243 e. The Labute approximate surface area is 114 Å². The van der Waals surface area contributed by atoms with Crippen LogP contribution in [0.1, 0.15) is 19.8 Å². The lowest BCUT2D eigenvalue weighted by Crippen LogP contribution is -2.45. The molecule has 1 heterocycles. The standard InChI is InChI=1S/C13H20N2O3S/c1-2-18-12-5-7-13(8-6-12)19(16,17)15-9-3-4-11(14)10-15/h5-8,11H,2-4,9-10,14H2,1H3. The summed E-state index contributed by atoms with van der Waals surface area (Å²) in [5, 5.41) is 0. The predicted molar refractivity (Wildman–Crippen MR) is 73.6 cm³/mol. The minimum absolute atomic E-state index is 0.0637. The first kappa shape index (κ1) is 14.3. The quantitative estimate of drug-likeness (QED) is 0.901. The van der Waals surface area contributed by atoms with Gasteiger partial charge in [-0.15, -0.1) is 0 Å². The highest BCUT2D eigenvalue weighted by Gasteiger charge is 2.28. The van der Waals surface area contributed by atoms with Gasteiger partial charge in [-0.2, -0.15) is 4.31 Å². The molecule has 2 rings (SSSR count). The van der Waals surface area contributed by atoms with E-state index in [4.69, 9.17) is 10.5 Å². The Morgan fingerprint density at radius 3 is 2.63 bits per heavy atom. The lowest BCUT2D eigenvalue weighted by atomic mass is 10.1. The highest BCUT2D eigenvalue weighted by Crippen LogP contribution is 2.22. The van der Waals surface area contributed by atoms with Crippen molar-refractivity contribution in [2.75, 3.05) is 19.7 Å². The van der Waals surface area contributed by atoms with Gasteiger partial charge in [-0.3, -0.25) is 0 Å². The Morgan fingerprint density at radius 2 is 2.05 bits per heavy atom. The number of hydrogen-bond donors (Lipinski definition) is 1. The fraction of sp³-hybridized carbons (Fsp3) is 0.538. The molecule has 1 unspecified atom stereocenters.